The summed E-state index contributed by atoms with van der Waals surface area (Å²) in [5.41, 5.74) is 3.21. The summed E-state index contributed by atoms with van der Waals surface area (Å²) in [6, 6.07) is 5.62. The van der Waals surface area contributed by atoms with Crippen LogP contribution in [0.25, 0.3) is 0 Å². The van der Waals surface area contributed by atoms with Gasteiger partial charge < -0.3 is 5.11 Å². The summed E-state index contributed by atoms with van der Waals surface area (Å²) >= 11 is 6.24. The van der Waals surface area contributed by atoms with E-state index in [1.54, 1.807) is 0 Å². The molecule has 1 N–H and O–H groups in total. The lowest BCUT2D eigenvalue weighted by molar-refractivity contribution is 0.170. The highest BCUT2D eigenvalue weighted by atomic mass is 35.5. The lowest BCUT2D eigenvalue weighted by atomic mass is 10.1. The van der Waals surface area contributed by atoms with Crippen molar-refractivity contribution in [3.63, 3.8) is 0 Å². The van der Waals surface area contributed by atoms with E-state index in [0.717, 1.165) is 23.6 Å². The summed E-state index contributed by atoms with van der Waals surface area (Å²) in [7, 11) is 0. The highest BCUT2D eigenvalue weighted by Gasteiger charge is 2.18. The number of aromatic nitrogens is 3. The Balaban J connectivity index is 2.26. The quantitative estimate of drug-likeness (QED) is 0.936. The normalized spacial score (nSPS) is 12.7. The molecule has 19 heavy (non-hydrogen) atoms. The smallest absolute Gasteiger partial charge is 0.102 e. The van der Waals surface area contributed by atoms with Crippen LogP contribution in [0.5, 0.6) is 0 Å². The zero-order chi connectivity index (χ0) is 14.0. The van der Waals surface area contributed by atoms with Crippen molar-refractivity contribution in [2.45, 2.75) is 39.8 Å². The molecule has 1 unspecified atom stereocenters. The number of pyridine rings is 1. The van der Waals surface area contributed by atoms with Gasteiger partial charge in [0, 0.05) is 18.7 Å². The first-order chi connectivity index (χ1) is 9.02. The fraction of sp³-hybridized carbons (Fsp3) is 0.429. The van der Waals surface area contributed by atoms with Crippen LogP contribution in [0, 0.1) is 13.8 Å². The maximum absolute atomic E-state index is 10.3. The van der Waals surface area contributed by atoms with E-state index in [-0.39, 0.29) is 0 Å². The molecule has 0 spiro atoms. The molecule has 0 fully saturated rings. The Hall–Kier alpha value is -1.39. The molecule has 102 valence electrons. The average molecular weight is 280 g/mol. The first-order valence-corrected chi connectivity index (χ1v) is 6.74. The Bertz CT molecular complexity index is 580. The van der Waals surface area contributed by atoms with Crippen molar-refractivity contribution < 1.29 is 5.11 Å². The molecule has 1 atom stereocenters. The first-order valence-electron chi connectivity index (χ1n) is 6.36. The largest absolute Gasteiger partial charge is 0.386 e. The maximum atomic E-state index is 10.3. The Morgan fingerprint density at radius 3 is 2.74 bits per heavy atom. The number of hydrogen-bond acceptors (Lipinski definition) is 3. The molecule has 0 amide bonds. The molecule has 2 aromatic heterocycles. The van der Waals surface area contributed by atoms with Crippen LogP contribution in [0.1, 0.15) is 35.8 Å². The molecule has 0 aromatic carbocycles. The SMILES string of the molecule is CCn1nc(C)c(Cl)c1CC(O)c1cccc(C)n1. The van der Waals surface area contributed by atoms with Crippen molar-refractivity contribution in [1.29, 1.82) is 0 Å². The minimum atomic E-state index is -0.668. The summed E-state index contributed by atoms with van der Waals surface area (Å²) in [5, 5.41) is 15.3. The highest BCUT2D eigenvalue weighted by Crippen LogP contribution is 2.25. The van der Waals surface area contributed by atoms with Gasteiger partial charge in [0.15, 0.2) is 0 Å². The van der Waals surface area contributed by atoms with Gasteiger partial charge >= 0.3 is 0 Å². The van der Waals surface area contributed by atoms with E-state index in [0.29, 0.717) is 17.1 Å². The van der Waals surface area contributed by atoms with Gasteiger partial charge in [-0.3, -0.25) is 9.67 Å². The maximum Gasteiger partial charge on any atom is 0.102 e. The van der Waals surface area contributed by atoms with Crippen LogP contribution in [0.3, 0.4) is 0 Å². The van der Waals surface area contributed by atoms with Gasteiger partial charge in [0.2, 0.25) is 0 Å². The first kappa shape index (κ1) is 14.0. The number of nitrogens with zero attached hydrogens (tertiary/aromatic N) is 3. The van der Waals surface area contributed by atoms with Crippen molar-refractivity contribution in [3.05, 3.63) is 46.0 Å². The highest BCUT2D eigenvalue weighted by molar-refractivity contribution is 6.31. The standard InChI is InChI=1S/C14H18ClN3O/c1-4-18-12(14(15)10(3)17-18)8-13(19)11-7-5-6-9(2)16-11/h5-7,13,19H,4,8H2,1-3H3. The summed E-state index contributed by atoms with van der Waals surface area (Å²) in [6.07, 6.45) is -0.247. The number of hydrogen-bond donors (Lipinski definition) is 1. The number of rotatable bonds is 4. The van der Waals surface area contributed by atoms with Gasteiger partial charge in [-0.2, -0.15) is 5.10 Å². The lowest BCUT2D eigenvalue weighted by Crippen LogP contribution is -2.10. The molecular formula is C14H18ClN3O. The van der Waals surface area contributed by atoms with Crippen molar-refractivity contribution in [1.82, 2.24) is 14.8 Å². The van der Waals surface area contributed by atoms with Gasteiger partial charge in [0.25, 0.3) is 0 Å². The summed E-state index contributed by atoms with van der Waals surface area (Å²) in [6.45, 7) is 6.51. The van der Waals surface area contributed by atoms with Crippen LogP contribution in [0.4, 0.5) is 0 Å². The van der Waals surface area contributed by atoms with Crippen LogP contribution in [0.15, 0.2) is 18.2 Å². The van der Waals surface area contributed by atoms with Gasteiger partial charge in [0.1, 0.15) is 6.10 Å². The van der Waals surface area contributed by atoms with Crippen molar-refractivity contribution >= 4 is 11.6 Å². The molecule has 0 aliphatic rings. The topological polar surface area (TPSA) is 50.9 Å². The zero-order valence-electron chi connectivity index (χ0n) is 11.4. The summed E-state index contributed by atoms with van der Waals surface area (Å²) in [4.78, 5) is 4.34. The van der Waals surface area contributed by atoms with Crippen molar-refractivity contribution in [2.24, 2.45) is 0 Å². The van der Waals surface area contributed by atoms with Gasteiger partial charge in [-0.15, -0.1) is 0 Å². The zero-order valence-corrected chi connectivity index (χ0v) is 12.1. The van der Waals surface area contributed by atoms with E-state index in [9.17, 15) is 5.11 Å². The molecule has 0 aliphatic heterocycles. The molecule has 2 rings (SSSR count). The third kappa shape index (κ3) is 2.96. The minimum absolute atomic E-state index is 0.421. The number of aliphatic hydroxyl groups excluding tert-OH is 1. The Kier molecular flexibility index (Phi) is 4.22. The van der Waals surface area contributed by atoms with Crippen LogP contribution in [-0.2, 0) is 13.0 Å². The van der Waals surface area contributed by atoms with E-state index in [1.807, 2.05) is 43.7 Å². The van der Waals surface area contributed by atoms with E-state index in [1.165, 1.54) is 0 Å². The van der Waals surface area contributed by atoms with Crippen LogP contribution < -0.4 is 0 Å². The van der Waals surface area contributed by atoms with Gasteiger partial charge in [-0.1, -0.05) is 17.7 Å². The summed E-state index contributed by atoms with van der Waals surface area (Å²) in [5.74, 6) is 0. The van der Waals surface area contributed by atoms with Crippen LogP contribution >= 0.6 is 11.6 Å². The third-order valence-corrected chi connectivity index (χ3v) is 3.58. The van der Waals surface area contributed by atoms with E-state index >= 15 is 0 Å². The van der Waals surface area contributed by atoms with E-state index in [2.05, 4.69) is 10.1 Å². The predicted molar refractivity (Wildman–Crippen MR) is 75.3 cm³/mol. The van der Waals surface area contributed by atoms with E-state index < -0.39 is 6.10 Å². The fourth-order valence-electron chi connectivity index (χ4n) is 2.10. The Morgan fingerprint density at radius 1 is 1.37 bits per heavy atom. The molecule has 0 aliphatic carbocycles. The molecule has 0 saturated heterocycles. The summed E-state index contributed by atoms with van der Waals surface area (Å²) < 4.78 is 1.83. The molecular weight excluding hydrogens is 262 g/mol. The Labute approximate surface area is 118 Å². The van der Waals surface area contributed by atoms with Crippen LogP contribution in [-0.4, -0.2) is 19.9 Å². The third-order valence-electron chi connectivity index (χ3n) is 3.09. The molecule has 0 radical (unpaired) electrons. The van der Waals surface area contributed by atoms with Crippen molar-refractivity contribution in [3.8, 4) is 0 Å². The lowest BCUT2D eigenvalue weighted by Gasteiger charge is -2.12. The van der Waals surface area contributed by atoms with Gasteiger partial charge in [-0.05, 0) is 32.9 Å². The number of halogens is 1. The second kappa shape index (κ2) is 5.72. The number of aliphatic hydroxyl groups is 1. The second-order valence-corrected chi connectivity index (χ2v) is 4.96. The molecule has 0 saturated carbocycles. The second-order valence-electron chi connectivity index (χ2n) is 4.59. The minimum Gasteiger partial charge on any atom is -0.386 e. The van der Waals surface area contributed by atoms with Crippen molar-refractivity contribution in [2.75, 3.05) is 0 Å². The molecule has 5 heteroatoms. The number of aryl methyl sites for hydroxylation is 3. The fourth-order valence-corrected chi connectivity index (χ4v) is 2.31. The Morgan fingerprint density at radius 2 is 2.11 bits per heavy atom. The van der Waals surface area contributed by atoms with Crippen LogP contribution in [0.2, 0.25) is 5.02 Å². The molecule has 4 nitrogen and oxygen atoms in total. The molecule has 0 bridgehead atoms. The predicted octanol–water partition coefficient (Wildman–Crippen LogP) is 2.84. The molecule has 2 heterocycles. The average Bonchev–Trinajstić information content (AvgIpc) is 2.66. The van der Waals surface area contributed by atoms with Gasteiger partial charge in [0.05, 0.1) is 22.1 Å². The van der Waals surface area contributed by atoms with Gasteiger partial charge in [-0.25, -0.2) is 0 Å². The molecule has 2 aromatic rings. The monoisotopic (exact) mass is 279 g/mol. The van der Waals surface area contributed by atoms with E-state index in [4.69, 9.17) is 11.6 Å².